The van der Waals surface area contributed by atoms with Gasteiger partial charge in [-0.25, -0.2) is 0 Å². The summed E-state index contributed by atoms with van der Waals surface area (Å²) in [6, 6.07) is 8.63. The first-order valence-corrected chi connectivity index (χ1v) is 7.56. The second kappa shape index (κ2) is 6.95. The summed E-state index contributed by atoms with van der Waals surface area (Å²) in [5.41, 5.74) is 2.08. The summed E-state index contributed by atoms with van der Waals surface area (Å²) in [4.78, 5) is 0. The van der Waals surface area contributed by atoms with Crippen LogP contribution >= 0.6 is 0 Å². The first-order valence-electron chi connectivity index (χ1n) is 7.56. The molecule has 1 rings (SSSR count). The van der Waals surface area contributed by atoms with Crippen LogP contribution in [0.3, 0.4) is 0 Å². The maximum Gasteiger partial charge on any atom is 0.123 e. The van der Waals surface area contributed by atoms with E-state index in [1.165, 1.54) is 11.1 Å². The number of rotatable bonds is 6. The molecule has 0 heterocycles. The van der Waals surface area contributed by atoms with Crippen molar-refractivity contribution in [3.8, 4) is 11.8 Å². The summed E-state index contributed by atoms with van der Waals surface area (Å²) >= 11 is 0. The molecule has 0 saturated heterocycles. The Morgan fingerprint density at radius 1 is 1.24 bits per heavy atom. The van der Waals surface area contributed by atoms with Crippen LogP contribution < -0.4 is 10.1 Å². The zero-order valence-electron chi connectivity index (χ0n) is 14.2. The molecule has 0 aromatic heterocycles. The average Bonchev–Trinajstić information content (AvgIpc) is 2.43. The molecule has 0 radical (unpaired) electrons. The second-order valence-electron chi connectivity index (χ2n) is 6.90. The normalized spacial score (nSPS) is 14.3. The van der Waals surface area contributed by atoms with Gasteiger partial charge in [0.15, 0.2) is 0 Å². The largest absolute Gasteiger partial charge is 0.493 e. The van der Waals surface area contributed by atoms with E-state index in [-0.39, 0.29) is 5.41 Å². The van der Waals surface area contributed by atoms with Crippen LogP contribution in [-0.2, 0) is 5.41 Å². The third-order valence-corrected chi connectivity index (χ3v) is 3.82. The lowest BCUT2D eigenvalue weighted by Crippen LogP contribution is -2.38. The van der Waals surface area contributed by atoms with Crippen LogP contribution in [0.1, 0.15) is 51.7 Å². The van der Waals surface area contributed by atoms with Gasteiger partial charge in [-0.15, -0.1) is 0 Å². The molecule has 21 heavy (non-hydrogen) atoms. The minimum absolute atomic E-state index is 0.0630. The number of ether oxygens (including phenoxy) is 1. The maximum absolute atomic E-state index is 9.13. The maximum atomic E-state index is 9.13. The molecule has 1 aromatic carbocycles. The molecule has 1 atom stereocenters. The van der Waals surface area contributed by atoms with E-state index in [1.54, 1.807) is 0 Å². The van der Waals surface area contributed by atoms with Gasteiger partial charge in [0.05, 0.1) is 12.7 Å². The van der Waals surface area contributed by atoms with E-state index in [4.69, 9.17) is 10.00 Å². The van der Waals surface area contributed by atoms with Gasteiger partial charge in [-0.1, -0.05) is 38.5 Å². The van der Waals surface area contributed by atoms with Crippen LogP contribution in [0.15, 0.2) is 18.2 Å². The number of benzene rings is 1. The predicted octanol–water partition coefficient (Wildman–Crippen LogP) is 3.95. The predicted molar refractivity (Wildman–Crippen MR) is 87.7 cm³/mol. The Balaban J connectivity index is 2.67. The topological polar surface area (TPSA) is 45.0 Å². The van der Waals surface area contributed by atoms with Crippen LogP contribution in [0.2, 0.25) is 0 Å². The van der Waals surface area contributed by atoms with E-state index in [0.29, 0.717) is 6.61 Å². The summed E-state index contributed by atoms with van der Waals surface area (Å²) < 4.78 is 5.97. The van der Waals surface area contributed by atoms with Crippen molar-refractivity contribution in [2.45, 2.75) is 58.4 Å². The summed E-state index contributed by atoms with van der Waals surface area (Å²) in [7, 11) is 1.82. The molecule has 1 aromatic rings. The van der Waals surface area contributed by atoms with Crippen molar-refractivity contribution in [3.63, 3.8) is 0 Å². The Morgan fingerprint density at radius 3 is 2.43 bits per heavy atom. The third-order valence-electron chi connectivity index (χ3n) is 3.82. The molecule has 0 bridgehead atoms. The van der Waals surface area contributed by atoms with Gasteiger partial charge >= 0.3 is 0 Å². The molecule has 1 N–H and O–H groups in total. The standard InChI is InChI=1S/C18H28N2O/c1-14-8-9-16(15(12-14)17(2,3)4)21-11-7-10-18(5,13-19)20-6/h8-9,12,20H,7,10-11H2,1-6H3. The number of aryl methyl sites for hydroxylation is 1. The van der Waals surface area contributed by atoms with Gasteiger partial charge in [-0.2, -0.15) is 5.26 Å². The van der Waals surface area contributed by atoms with Crippen molar-refractivity contribution in [1.82, 2.24) is 5.32 Å². The molecule has 116 valence electrons. The van der Waals surface area contributed by atoms with Crippen LogP contribution in [0.25, 0.3) is 0 Å². The highest BCUT2D eigenvalue weighted by atomic mass is 16.5. The highest BCUT2D eigenvalue weighted by Gasteiger charge is 2.21. The lowest BCUT2D eigenvalue weighted by atomic mass is 9.85. The first kappa shape index (κ1) is 17.5. The van der Waals surface area contributed by atoms with Crippen molar-refractivity contribution >= 4 is 0 Å². The van der Waals surface area contributed by atoms with Gasteiger partial charge in [0.25, 0.3) is 0 Å². The van der Waals surface area contributed by atoms with E-state index in [1.807, 2.05) is 14.0 Å². The van der Waals surface area contributed by atoms with Gasteiger partial charge < -0.3 is 10.1 Å². The summed E-state index contributed by atoms with van der Waals surface area (Å²) in [5.74, 6) is 0.955. The first-order chi connectivity index (χ1) is 9.72. The van der Waals surface area contributed by atoms with Crippen LogP contribution in [0.4, 0.5) is 0 Å². The Kier molecular flexibility index (Phi) is 5.80. The molecule has 3 nitrogen and oxygen atoms in total. The zero-order chi connectivity index (χ0) is 16.1. The van der Waals surface area contributed by atoms with E-state index in [9.17, 15) is 0 Å². The summed E-state index contributed by atoms with van der Waals surface area (Å²) in [5, 5.41) is 12.2. The number of hydrogen-bond donors (Lipinski definition) is 1. The third kappa shape index (κ3) is 5.06. The Hall–Kier alpha value is -1.53. The molecule has 1 unspecified atom stereocenters. The van der Waals surface area contributed by atoms with E-state index >= 15 is 0 Å². The molecule has 0 saturated carbocycles. The fourth-order valence-electron chi connectivity index (χ4n) is 2.20. The minimum Gasteiger partial charge on any atom is -0.493 e. The fourth-order valence-corrected chi connectivity index (χ4v) is 2.20. The SMILES string of the molecule is CNC(C)(C#N)CCCOc1ccc(C)cc1C(C)(C)C. The molecular formula is C18H28N2O. The second-order valence-corrected chi connectivity index (χ2v) is 6.90. The lowest BCUT2D eigenvalue weighted by Gasteiger charge is -2.24. The molecule has 0 amide bonds. The molecule has 3 heteroatoms. The van der Waals surface area contributed by atoms with Crippen molar-refractivity contribution in [2.75, 3.05) is 13.7 Å². The van der Waals surface area contributed by atoms with Crippen molar-refractivity contribution < 1.29 is 4.74 Å². The molecule has 0 spiro atoms. The highest BCUT2D eigenvalue weighted by Crippen LogP contribution is 2.32. The van der Waals surface area contributed by atoms with Crippen molar-refractivity contribution in [3.05, 3.63) is 29.3 Å². The van der Waals surface area contributed by atoms with Gasteiger partial charge in [-0.05, 0) is 50.8 Å². The molecule has 0 aliphatic carbocycles. The molecule has 0 aliphatic rings. The van der Waals surface area contributed by atoms with Gasteiger partial charge in [0, 0.05) is 0 Å². The zero-order valence-corrected chi connectivity index (χ0v) is 14.2. The average molecular weight is 288 g/mol. The lowest BCUT2D eigenvalue weighted by molar-refractivity contribution is 0.282. The Labute approximate surface area is 129 Å². The van der Waals surface area contributed by atoms with Crippen molar-refractivity contribution in [1.29, 1.82) is 5.26 Å². The van der Waals surface area contributed by atoms with Crippen LogP contribution in [-0.4, -0.2) is 19.2 Å². The van der Waals surface area contributed by atoms with Crippen LogP contribution in [0, 0.1) is 18.3 Å². The van der Waals surface area contributed by atoms with E-state index < -0.39 is 5.54 Å². The van der Waals surface area contributed by atoms with Gasteiger partial charge in [0.2, 0.25) is 0 Å². The Morgan fingerprint density at radius 2 is 1.90 bits per heavy atom. The van der Waals surface area contributed by atoms with Crippen LogP contribution in [0.5, 0.6) is 5.75 Å². The summed E-state index contributed by atoms with van der Waals surface area (Å²) in [6.07, 6.45) is 1.62. The number of nitrogens with zero attached hydrogens (tertiary/aromatic N) is 1. The van der Waals surface area contributed by atoms with E-state index in [0.717, 1.165) is 18.6 Å². The molecule has 0 aliphatic heterocycles. The van der Waals surface area contributed by atoms with Gasteiger partial charge in [-0.3, -0.25) is 0 Å². The van der Waals surface area contributed by atoms with E-state index in [2.05, 4.69) is 57.3 Å². The highest BCUT2D eigenvalue weighted by molar-refractivity contribution is 5.41. The summed E-state index contributed by atoms with van der Waals surface area (Å²) in [6.45, 7) is 11.2. The fraction of sp³-hybridized carbons (Fsp3) is 0.611. The minimum atomic E-state index is -0.469. The van der Waals surface area contributed by atoms with Gasteiger partial charge in [0.1, 0.15) is 11.3 Å². The van der Waals surface area contributed by atoms with Crippen molar-refractivity contribution in [2.24, 2.45) is 0 Å². The smallest absolute Gasteiger partial charge is 0.123 e. The number of nitriles is 1. The number of hydrogen-bond acceptors (Lipinski definition) is 3. The quantitative estimate of drug-likeness (QED) is 0.806. The monoisotopic (exact) mass is 288 g/mol. The molecular weight excluding hydrogens is 260 g/mol. The Bertz CT molecular complexity index is 511. The molecule has 0 fully saturated rings. The number of nitrogens with one attached hydrogen (secondary N) is 1.